The van der Waals surface area contributed by atoms with E-state index < -0.39 is 0 Å². The fraction of sp³-hybridized carbons (Fsp3) is 0.0526. The third kappa shape index (κ3) is 4.52. The van der Waals surface area contributed by atoms with Gasteiger partial charge in [0, 0.05) is 34.8 Å². The number of nitrogens with zero attached hydrogens (tertiary/aromatic N) is 5. The number of hydrogen-bond donors (Lipinski definition) is 0. The molecule has 0 spiro atoms. The average Bonchev–Trinajstić information content (AvgIpc) is 3.61. The second-order valence-electron chi connectivity index (χ2n) is 11.1. The normalized spacial score (nSPS) is 12.5. The molecular weight excluding hydrogens is 561 g/mol. The van der Waals surface area contributed by atoms with Crippen molar-refractivity contribution in [2.24, 2.45) is 0 Å². The van der Waals surface area contributed by atoms with Crippen molar-refractivity contribution in [2.75, 3.05) is 16.5 Å². The highest BCUT2D eigenvalue weighted by Crippen LogP contribution is 2.46. The maximum absolute atomic E-state index is 14.9. The number of aromatic nitrogens is 2. The Bertz CT molecular complexity index is 2300. The maximum atomic E-state index is 14.9. The van der Waals surface area contributed by atoms with Gasteiger partial charge in [0.2, 0.25) is 0 Å². The van der Waals surface area contributed by atoms with Crippen molar-refractivity contribution in [2.45, 2.75) is 6.92 Å². The molecule has 7 aromatic rings. The van der Waals surface area contributed by atoms with Crippen LogP contribution in [0.25, 0.3) is 32.5 Å². The number of hydrogen-bond acceptors (Lipinski definition) is 4. The lowest BCUT2D eigenvalue weighted by Crippen LogP contribution is -2.24. The van der Waals surface area contributed by atoms with E-state index in [4.69, 9.17) is 11.3 Å². The van der Waals surface area contributed by atoms with Gasteiger partial charge in [-0.05, 0) is 79.2 Å². The lowest BCUT2D eigenvalue weighted by atomic mass is 10.1. The van der Waals surface area contributed by atoms with Gasteiger partial charge in [-0.1, -0.05) is 42.5 Å². The lowest BCUT2D eigenvalue weighted by Gasteiger charge is -2.23. The molecule has 3 heterocycles. The molecule has 0 aliphatic carbocycles. The number of rotatable bonds is 5. The van der Waals surface area contributed by atoms with Crippen LogP contribution in [0.5, 0.6) is 11.5 Å². The number of para-hydroxylation sites is 4. The number of fused-ring (bicyclic) bond motifs is 4. The van der Waals surface area contributed by atoms with E-state index in [9.17, 15) is 4.39 Å². The van der Waals surface area contributed by atoms with Crippen molar-refractivity contribution in [3.63, 3.8) is 0 Å². The molecule has 0 unspecified atom stereocenters. The number of anilines is 4. The van der Waals surface area contributed by atoms with Crippen LogP contribution < -0.4 is 14.5 Å². The van der Waals surface area contributed by atoms with Gasteiger partial charge in [0.25, 0.3) is 0 Å². The van der Waals surface area contributed by atoms with Crippen LogP contribution in [0.3, 0.4) is 0 Å². The second-order valence-corrected chi connectivity index (χ2v) is 11.1. The minimum absolute atomic E-state index is 0.290. The van der Waals surface area contributed by atoms with Crippen LogP contribution in [0.15, 0.2) is 128 Å². The Morgan fingerprint density at radius 1 is 0.711 bits per heavy atom. The largest absolute Gasteiger partial charge is 0.459 e. The molecule has 5 aromatic carbocycles. The molecule has 0 saturated carbocycles. The third-order valence-electron chi connectivity index (χ3n) is 8.22. The molecule has 7 heteroatoms. The molecule has 0 amide bonds. The Kier molecular flexibility index (Phi) is 6.21. The SMILES string of the molecule is [C-]#[N+]c1cc(Oc2ccc3c4ccccc4n(-c4cc(C)ccn4)c3c2)cc(N2CN(c3ccccc3F)c3ccccc32)c1. The molecule has 6 nitrogen and oxygen atoms in total. The van der Waals surface area contributed by atoms with E-state index in [2.05, 4.69) is 50.5 Å². The summed E-state index contributed by atoms with van der Waals surface area (Å²) in [4.78, 5) is 12.5. The number of ether oxygens (including phenoxy) is 1. The zero-order valence-corrected chi connectivity index (χ0v) is 24.4. The van der Waals surface area contributed by atoms with Crippen LogP contribution in [0.4, 0.5) is 32.8 Å². The molecule has 0 fully saturated rings. The highest BCUT2D eigenvalue weighted by molar-refractivity contribution is 6.09. The van der Waals surface area contributed by atoms with Gasteiger partial charge in [-0.2, -0.15) is 0 Å². The fourth-order valence-electron chi connectivity index (χ4n) is 6.20. The topological polar surface area (TPSA) is 37.9 Å². The first kappa shape index (κ1) is 26.5. The molecule has 0 N–H and O–H groups in total. The van der Waals surface area contributed by atoms with Crippen molar-refractivity contribution < 1.29 is 9.13 Å². The van der Waals surface area contributed by atoms with Gasteiger partial charge in [0.05, 0.1) is 34.7 Å². The Morgan fingerprint density at radius 3 is 2.24 bits per heavy atom. The van der Waals surface area contributed by atoms with Gasteiger partial charge in [0.15, 0.2) is 5.69 Å². The summed E-state index contributed by atoms with van der Waals surface area (Å²) in [5.74, 6) is 1.72. The van der Waals surface area contributed by atoms with Gasteiger partial charge in [-0.3, -0.25) is 4.57 Å². The minimum Gasteiger partial charge on any atom is -0.459 e. The monoisotopic (exact) mass is 587 g/mol. The van der Waals surface area contributed by atoms with Gasteiger partial charge < -0.3 is 14.5 Å². The van der Waals surface area contributed by atoms with Crippen LogP contribution in [-0.2, 0) is 0 Å². The van der Waals surface area contributed by atoms with Crippen molar-refractivity contribution in [1.29, 1.82) is 0 Å². The third-order valence-corrected chi connectivity index (χ3v) is 8.22. The first-order chi connectivity index (χ1) is 22.1. The van der Waals surface area contributed by atoms with Crippen molar-refractivity contribution >= 4 is 50.2 Å². The molecule has 0 radical (unpaired) electrons. The first-order valence-corrected chi connectivity index (χ1v) is 14.6. The quantitative estimate of drug-likeness (QED) is 0.188. The zero-order valence-electron chi connectivity index (χ0n) is 24.4. The molecule has 1 aliphatic heterocycles. The van der Waals surface area contributed by atoms with Gasteiger partial charge in [-0.25, -0.2) is 14.2 Å². The zero-order chi connectivity index (χ0) is 30.5. The Balaban J connectivity index is 1.20. The predicted molar refractivity (Wildman–Crippen MR) is 178 cm³/mol. The fourth-order valence-corrected chi connectivity index (χ4v) is 6.20. The van der Waals surface area contributed by atoms with Crippen LogP contribution in [-0.4, -0.2) is 16.2 Å². The molecule has 2 aromatic heterocycles. The van der Waals surface area contributed by atoms with E-state index in [1.54, 1.807) is 18.2 Å². The molecule has 0 atom stereocenters. The summed E-state index contributed by atoms with van der Waals surface area (Å²) in [6, 6.07) is 38.6. The first-order valence-electron chi connectivity index (χ1n) is 14.6. The number of pyridine rings is 1. The van der Waals surface area contributed by atoms with Crippen molar-refractivity contribution in [1.82, 2.24) is 9.55 Å². The number of aryl methyl sites for hydroxylation is 1. The summed E-state index contributed by atoms with van der Waals surface area (Å²) < 4.78 is 23.5. The molecule has 1 aliphatic rings. The second kappa shape index (κ2) is 10.5. The number of benzene rings is 5. The van der Waals surface area contributed by atoms with Crippen LogP contribution in [0.1, 0.15) is 5.56 Å². The van der Waals surface area contributed by atoms with E-state index in [0.717, 1.165) is 50.2 Å². The standard InChI is InChI=1S/C38H26FN5O/c1-25-17-18-41-38(19-25)44-33-11-5-3-9-30(33)31-16-15-28(23-37(31)44)45-29-21-26(40-2)20-27(22-29)42-24-43(34-12-6-4-10-32(34)39)36-14-8-7-13-35(36)42/h3-23H,24H2,1H3. The van der Waals surface area contributed by atoms with Gasteiger partial charge >= 0.3 is 0 Å². The Labute approximate surface area is 259 Å². The summed E-state index contributed by atoms with van der Waals surface area (Å²) in [6.45, 7) is 10.3. The Hall–Kier alpha value is -6.13. The van der Waals surface area contributed by atoms with Crippen LogP contribution >= 0.6 is 0 Å². The number of halogens is 1. The molecule has 45 heavy (non-hydrogen) atoms. The minimum atomic E-state index is -0.290. The molecule has 8 rings (SSSR count). The molecular formula is C38H26FN5O. The van der Waals surface area contributed by atoms with E-state index in [1.807, 2.05) is 83.9 Å². The van der Waals surface area contributed by atoms with Crippen molar-refractivity contribution in [3.05, 3.63) is 150 Å². The molecule has 0 saturated heterocycles. The van der Waals surface area contributed by atoms with E-state index in [1.165, 1.54) is 6.07 Å². The summed E-state index contributed by atoms with van der Waals surface area (Å²) in [5, 5.41) is 2.23. The predicted octanol–water partition coefficient (Wildman–Crippen LogP) is 10.2. The summed E-state index contributed by atoms with van der Waals surface area (Å²) in [6.07, 6.45) is 1.83. The van der Waals surface area contributed by atoms with Gasteiger partial charge in [0.1, 0.15) is 29.8 Å². The molecule has 0 bridgehead atoms. The summed E-state index contributed by atoms with van der Waals surface area (Å²) in [7, 11) is 0. The van der Waals surface area contributed by atoms with Gasteiger partial charge in [-0.15, -0.1) is 0 Å². The highest BCUT2D eigenvalue weighted by atomic mass is 19.1. The smallest absolute Gasteiger partial charge is 0.192 e. The van der Waals surface area contributed by atoms with E-state index in [0.29, 0.717) is 29.5 Å². The van der Waals surface area contributed by atoms with E-state index in [-0.39, 0.29) is 5.82 Å². The maximum Gasteiger partial charge on any atom is 0.192 e. The van der Waals surface area contributed by atoms with E-state index >= 15 is 0 Å². The molecule has 216 valence electrons. The summed E-state index contributed by atoms with van der Waals surface area (Å²) in [5.41, 5.74) is 6.70. The Morgan fingerprint density at radius 2 is 1.44 bits per heavy atom. The lowest BCUT2D eigenvalue weighted by molar-refractivity contribution is 0.483. The highest BCUT2D eigenvalue weighted by Gasteiger charge is 2.29. The van der Waals surface area contributed by atoms with Crippen LogP contribution in [0, 0.1) is 19.3 Å². The van der Waals surface area contributed by atoms with Crippen molar-refractivity contribution in [3.8, 4) is 17.3 Å². The van der Waals surface area contributed by atoms with Crippen LogP contribution in [0.2, 0.25) is 0 Å². The summed E-state index contributed by atoms with van der Waals surface area (Å²) >= 11 is 0. The average molecular weight is 588 g/mol.